The highest BCUT2D eigenvalue weighted by Gasteiger charge is 2.26. The summed E-state index contributed by atoms with van der Waals surface area (Å²) in [5.74, 6) is -1.09. The summed E-state index contributed by atoms with van der Waals surface area (Å²) in [7, 11) is -4.14. The largest absolute Gasteiger partial charge is 0.306 e. The summed E-state index contributed by atoms with van der Waals surface area (Å²) in [6.45, 7) is 6.19. The number of nitro groups is 1. The smallest absolute Gasteiger partial charge is 0.281 e. The molecule has 0 aromatic heterocycles. The molecule has 0 aliphatic carbocycles. The average Bonchev–Trinajstić information content (AvgIpc) is 2.24. The molecule has 0 bridgehead atoms. The predicted octanol–water partition coefficient (Wildman–Crippen LogP) is 2.05. The summed E-state index contributed by atoms with van der Waals surface area (Å²) in [5.41, 5.74) is -1.66. The van der Waals surface area contributed by atoms with Crippen molar-refractivity contribution in [2.45, 2.75) is 38.2 Å². The number of rotatable bonds is 4. The van der Waals surface area contributed by atoms with Crippen molar-refractivity contribution in [3.63, 3.8) is 0 Å². The van der Waals surface area contributed by atoms with Gasteiger partial charge in [-0.15, -0.1) is 0 Å². The van der Waals surface area contributed by atoms with Gasteiger partial charge in [0.05, 0.1) is 15.4 Å². The molecule has 1 aromatic rings. The summed E-state index contributed by atoms with van der Waals surface area (Å²) in [6.07, 6.45) is 0. The van der Waals surface area contributed by atoms with E-state index in [-0.39, 0.29) is 5.56 Å². The van der Waals surface area contributed by atoms with Crippen LogP contribution in [0.25, 0.3) is 0 Å². The zero-order chi connectivity index (χ0) is 15.7. The highest BCUT2D eigenvalue weighted by atomic mass is 32.2. The standard InChI is InChI=1S/C11H15FN2O5S/c1-7-5-8(12)9(14(15)16)6-10(7)20(17,18)13-19-11(2,3)4/h5-6,13H,1-4H3. The van der Waals surface area contributed by atoms with Crippen LogP contribution in [0.3, 0.4) is 0 Å². The number of hydrogen-bond acceptors (Lipinski definition) is 5. The van der Waals surface area contributed by atoms with Crippen molar-refractivity contribution < 1.29 is 22.6 Å². The summed E-state index contributed by atoms with van der Waals surface area (Å²) < 4.78 is 37.4. The molecular formula is C11H15FN2O5S. The van der Waals surface area contributed by atoms with Crippen molar-refractivity contribution in [1.82, 2.24) is 4.89 Å². The molecule has 112 valence electrons. The van der Waals surface area contributed by atoms with Crippen LogP contribution in [0.5, 0.6) is 0 Å². The number of nitrogens with zero attached hydrogens (tertiary/aromatic N) is 1. The van der Waals surface area contributed by atoms with Crippen LogP contribution in [0.15, 0.2) is 17.0 Å². The van der Waals surface area contributed by atoms with E-state index in [1.165, 1.54) is 6.92 Å². The maximum Gasteiger partial charge on any atom is 0.306 e. The molecule has 0 aliphatic heterocycles. The molecule has 0 radical (unpaired) electrons. The minimum absolute atomic E-state index is 0.0399. The van der Waals surface area contributed by atoms with Crippen molar-refractivity contribution in [3.8, 4) is 0 Å². The Labute approximate surface area is 115 Å². The Hall–Kier alpha value is -1.58. The summed E-state index contributed by atoms with van der Waals surface area (Å²) in [4.78, 5) is 16.1. The number of hydrogen-bond donors (Lipinski definition) is 1. The van der Waals surface area contributed by atoms with E-state index in [0.717, 1.165) is 6.07 Å². The van der Waals surface area contributed by atoms with Gasteiger partial charge in [0.15, 0.2) is 0 Å². The molecule has 9 heteroatoms. The van der Waals surface area contributed by atoms with Crippen molar-refractivity contribution >= 4 is 15.7 Å². The summed E-state index contributed by atoms with van der Waals surface area (Å²) in [6, 6.07) is 1.46. The molecule has 1 N–H and O–H groups in total. The van der Waals surface area contributed by atoms with E-state index in [1.54, 1.807) is 20.8 Å². The maximum atomic E-state index is 13.4. The van der Waals surface area contributed by atoms with Crippen LogP contribution in [0.4, 0.5) is 10.1 Å². The lowest BCUT2D eigenvalue weighted by Crippen LogP contribution is -2.34. The zero-order valence-electron chi connectivity index (χ0n) is 11.4. The fourth-order valence-corrected chi connectivity index (χ4v) is 2.50. The van der Waals surface area contributed by atoms with Crippen molar-refractivity contribution in [1.29, 1.82) is 0 Å². The Kier molecular flexibility index (Phi) is 4.47. The number of benzene rings is 1. The van der Waals surface area contributed by atoms with E-state index >= 15 is 0 Å². The van der Waals surface area contributed by atoms with Crippen molar-refractivity contribution in [2.24, 2.45) is 0 Å². The Morgan fingerprint density at radius 2 is 1.90 bits per heavy atom. The molecule has 1 aromatic carbocycles. The third-order valence-corrected chi connectivity index (χ3v) is 3.51. The second-order valence-electron chi connectivity index (χ2n) is 5.13. The molecule has 0 heterocycles. The molecule has 0 unspecified atom stereocenters. The fraction of sp³-hybridized carbons (Fsp3) is 0.455. The minimum Gasteiger partial charge on any atom is -0.281 e. The van der Waals surface area contributed by atoms with Gasteiger partial charge in [0.25, 0.3) is 10.0 Å². The SMILES string of the molecule is Cc1cc(F)c([N+](=O)[O-])cc1S(=O)(=O)NOC(C)(C)C. The van der Waals surface area contributed by atoms with Crippen LogP contribution in [-0.2, 0) is 14.9 Å². The van der Waals surface area contributed by atoms with Crippen LogP contribution in [0, 0.1) is 22.9 Å². The van der Waals surface area contributed by atoms with Crippen LogP contribution < -0.4 is 4.89 Å². The predicted molar refractivity (Wildman–Crippen MR) is 69.0 cm³/mol. The third-order valence-electron chi connectivity index (χ3n) is 2.19. The molecule has 0 spiro atoms. The second-order valence-corrected chi connectivity index (χ2v) is 6.74. The van der Waals surface area contributed by atoms with E-state index in [4.69, 9.17) is 4.84 Å². The lowest BCUT2D eigenvalue weighted by Gasteiger charge is -2.19. The summed E-state index contributed by atoms with van der Waals surface area (Å²) >= 11 is 0. The van der Waals surface area contributed by atoms with E-state index in [2.05, 4.69) is 0 Å². The molecular weight excluding hydrogens is 291 g/mol. The van der Waals surface area contributed by atoms with Gasteiger partial charge in [-0.25, -0.2) is 8.42 Å². The lowest BCUT2D eigenvalue weighted by molar-refractivity contribution is -0.387. The van der Waals surface area contributed by atoms with Gasteiger partial charge in [-0.3, -0.25) is 15.0 Å². The van der Waals surface area contributed by atoms with E-state index < -0.39 is 36.9 Å². The number of halogens is 1. The average molecular weight is 306 g/mol. The Bertz CT molecular complexity index is 637. The highest BCUT2D eigenvalue weighted by molar-refractivity contribution is 7.89. The first kappa shape index (κ1) is 16.5. The van der Waals surface area contributed by atoms with Gasteiger partial charge in [-0.1, -0.05) is 4.89 Å². The maximum absolute atomic E-state index is 13.4. The first-order chi connectivity index (χ1) is 8.94. The van der Waals surface area contributed by atoms with Gasteiger partial charge >= 0.3 is 5.69 Å². The molecule has 7 nitrogen and oxygen atoms in total. The number of aryl methyl sites for hydroxylation is 1. The quantitative estimate of drug-likeness (QED) is 0.678. The van der Waals surface area contributed by atoms with Crippen molar-refractivity contribution in [2.75, 3.05) is 0 Å². The van der Waals surface area contributed by atoms with E-state index in [9.17, 15) is 22.9 Å². The number of sulfonamides is 1. The van der Waals surface area contributed by atoms with E-state index in [1.807, 2.05) is 4.89 Å². The lowest BCUT2D eigenvalue weighted by atomic mass is 10.2. The van der Waals surface area contributed by atoms with Crippen LogP contribution in [0.1, 0.15) is 26.3 Å². The minimum atomic E-state index is -4.14. The number of nitrogens with one attached hydrogen (secondary N) is 1. The molecule has 0 saturated heterocycles. The van der Waals surface area contributed by atoms with Gasteiger partial charge in [-0.2, -0.15) is 4.39 Å². The monoisotopic (exact) mass is 306 g/mol. The van der Waals surface area contributed by atoms with Gasteiger partial charge in [-0.05, 0) is 39.3 Å². The fourth-order valence-electron chi connectivity index (χ4n) is 1.30. The molecule has 0 saturated carbocycles. The van der Waals surface area contributed by atoms with Crippen LogP contribution in [0.2, 0.25) is 0 Å². The normalized spacial score (nSPS) is 12.4. The second kappa shape index (κ2) is 5.43. The molecule has 20 heavy (non-hydrogen) atoms. The molecule has 0 fully saturated rings. The third kappa shape index (κ3) is 3.95. The Morgan fingerprint density at radius 1 is 1.35 bits per heavy atom. The molecule has 0 amide bonds. The first-order valence-electron chi connectivity index (χ1n) is 5.58. The first-order valence-corrected chi connectivity index (χ1v) is 7.07. The number of nitro benzene ring substituents is 1. The van der Waals surface area contributed by atoms with Crippen LogP contribution >= 0.6 is 0 Å². The van der Waals surface area contributed by atoms with Crippen LogP contribution in [-0.4, -0.2) is 18.9 Å². The summed E-state index contributed by atoms with van der Waals surface area (Å²) in [5, 5.41) is 10.6. The van der Waals surface area contributed by atoms with Crippen molar-refractivity contribution in [3.05, 3.63) is 33.6 Å². The van der Waals surface area contributed by atoms with Gasteiger partial charge in [0, 0.05) is 6.07 Å². The Balaban J connectivity index is 3.25. The van der Waals surface area contributed by atoms with Gasteiger partial charge in [0.1, 0.15) is 0 Å². The van der Waals surface area contributed by atoms with E-state index in [0.29, 0.717) is 6.07 Å². The highest BCUT2D eigenvalue weighted by Crippen LogP contribution is 2.25. The molecule has 0 aliphatic rings. The zero-order valence-corrected chi connectivity index (χ0v) is 12.2. The topological polar surface area (TPSA) is 98.5 Å². The molecule has 0 atom stereocenters. The van der Waals surface area contributed by atoms with Gasteiger partial charge < -0.3 is 0 Å². The van der Waals surface area contributed by atoms with Gasteiger partial charge in [0.2, 0.25) is 5.82 Å². The Morgan fingerprint density at radius 3 is 2.35 bits per heavy atom. The molecule has 1 rings (SSSR count).